The molecule has 0 spiro atoms. The maximum atomic E-state index is 13.0. The summed E-state index contributed by atoms with van der Waals surface area (Å²) in [7, 11) is 3.85. The predicted octanol–water partition coefficient (Wildman–Crippen LogP) is 1.81. The van der Waals surface area contributed by atoms with Gasteiger partial charge in [-0.15, -0.1) is 0 Å². The first-order valence-electron chi connectivity index (χ1n) is 10.8. The van der Waals surface area contributed by atoms with Crippen LogP contribution in [-0.2, 0) is 9.47 Å². The van der Waals surface area contributed by atoms with Gasteiger partial charge in [-0.3, -0.25) is 4.90 Å². The number of carbonyl (C=O) groups excluding carboxylic acids is 1. The van der Waals surface area contributed by atoms with Gasteiger partial charge in [-0.1, -0.05) is 30.3 Å². The maximum absolute atomic E-state index is 13.0. The molecule has 2 aliphatic heterocycles. The molecule has 0 bridgehead atoms. The molecule has 0 aromatic heterocycles. The molecule has 2 saturated heterocycles. The number of benzene rings is 1. The Bertz CT molecular complexity index is 599. The molecular formula is C22H36N4O3. The Hall–Kier alpha value is -1.67. The summed E-state index contributed by atoms with van der Waals surface area (Å²) in [4.78, 5) is 19.7. The molecule has 7 nitrogen and oxygen atoms in total. The van der Waals surface area contributed by atoms with E-state index in [0.717, 1.165) is 64.2 Å². The third-order valence-corrected chi connectivity index (χ3v) is 5.91. The average molecular weight is 405 g/mol. The zero-order chi connectivity index (χ0) is 20.5. The van der Waals surface area contributed by atoms with Gasteiger partial charge in [0.2, 0.25) is 0 Å². The van der Waals surface area contributed by atoms with Crippen molar-refractivity contribution in [1.29, 1.82) is 0 Å². The van der Waals surface area contributed by atoms with Crippen molar-refractivity contribution >= 4 is 6.03 Å². The van der Waals surface area contributed by atoms with Gasteiger partial charge in [0.25, 0.3) is 0 Å². The second-order valence-electron chi connectivity index (χ2n) is 8.07. The number of nitrogens with zero attached hydrogens (tertiary/aromatic N) is 3. The maximum Gasteiger partial charge on any atom is 0.317 e. The molecule has 2 aliphatic rings. The van der Waals surface area contributed by atoms with E-state index in [2.05, 4.69) is 34.3 Å². The van der Waals surface area contributed by atoms with Crippen LogP contribution in [0.2, 0.25) is 0 Å². The third-order valence-electron chi connectivity index (χ3n) is 5.91. The molecule has 1 atom stereocenters. The first kappa shape index (κ1) is 22.0. The summed E-state index contributed by atoms with van der Waals surface area (Å²) in [6, 6.07) is 10.4. The number of hydrogen-bond donors (Lipinski definition) is 1. The van der Waals surface area contributed by atoms with Crippen molar-refractivity contribution < 1.29 is 14.3 Å². The molecule has 0 saturated carbocycles. The van der Waals surface area contributed by atoms with Crippen molar-refractivity contribution in [1.82, 2.24) is 20.0 Å². The van der Waals surface area contributed by atoms with Crippen LogP contribution >= 0.6 is 0 Å². The molecule has 7 heteroatoms. The number of rotatable bonds is 8. The first-order valence-corrected chi connectivity index (χ1v) is 10.8. The molecule has 2 fully saturated rings. The van der Waals surface area contributed by atoms with Crippen LogP contribution < -0.4 is 5.32 Å². The van der Waals surface area contributed by atoms with Gasteiger partial charge in [0.15, 0.2) is 0 Å². The standard InChI is InChI=1S/C22H36N4O3/c1-24-12-14-25(15-13-24)18-21(19-6-4-3-5-7-19)23-22(27)26-10-8-20(9-11-26)29-17-16-28-2/h3-7,20-21H,8-18H2,1-2H3,(H,23,27). The fourth-order valence-corrected chi connectivity index (χ4v) is 3.97. The number of carbonyl (C=O) groups is 1. The van der Waals surface area contributed by atoms with Crippen LogP contribution in [0.4, 0.5) is 4.79 Å². The highest BCUT2D eigenvalue weighted by Gasteiger charge is 2.26. The lowest BCUT2D eigenvalue weighted by Gasteiger charge is -2.36. The highest BCUT2D eigenvalue weighted by atomic mass is 16.5. The highest BCUT2D eigenvalue weighted by molar-refractivity contribution is 5.74. The minimum Gasteiger partial charge on any atom is -0.382 e. The van der Waals surface area contributed by atoms with Crippen LogP contribution in [-0.4, -0.2) is 100 Å². The van der Waals surface area contributed by atoms with Crippen LogP contribution in [0.1, 0.15) is 24.4 Å². The Morgan fingerprint density at radius 1 is 1.07 bits per heavy atom. The Morgan fingerprint density at radius 3 is 2.41 bits per heavy atom. The van der Waals surface area contributed by atoms with Crippen molar-refractivity contribution in [3.63, 3.8) is 0 Å². The molecule has 29 heavy (non-hydrogen) atoms. The number of amides is 2. The predicted molar refractivity (Wildman–Crippen MR) is 114 cm³/mol. The second-order valence-corrected chi connectivity index (χ2v) is 8.07. The number of likely N-dealkylation sites (tertiary alicyclic amines) is 1. The third kappa shape index (κ3) is 6.96. The number of hydrogen-bond acceptors (Lipinski definition) is 5. The number of urea groups is 1. The Morgan fingerprint density at radius 2 is 1.76 bits per heavy atom. The van der Waals surface area contributed by atoms with Gasteiger partial charge in [-0.25, -0.2) is 4.79 Å². The van der Waals surface area contributed by atoms with Crippen molar-refractivity contribution in [3.8, 4) is 0 Å². The van der Waals surface area contributed by atoms with E-state index in [0.29, 0.717) is 13.2 Å². The molecule has 1 N–H and O–H groups in total. The number of methoxy groups -OCH3 is 1. The van der Waals surface area contributed by atoms with Gasteiger partial charge in [0.05, 0.1) is 25.4 Å². The van der Waals surface area contributed by atoms with Crippen molar-refractivity contribution in [2.45, 2.75) is 25.0 Å². The zero-order valence-corrected chi connectivity index (χ0v) is 17.9. The highest BCUT2D eigenvalue weighted by Crippen LogP contribution is 2.18. The molecule has 0 aliphatic carbocycles. The molecule has 1 aromatic rings. The SMILES string of the molecule is COCCOC1CCN(C(=O)NC(CN2CCN(C)CC2)c2ccccc2)CC1. The fraction of sp³-hybridized carbons (Fsp3) is 0.682. The topological polar surface area (TPSA) is 57.3 Å². The normalized spacial score (nSPS) is 20.6. The molecule has 2 amide bonds. The molecule has 0 radical (unpaired) electrons. The monoisotopic (exact) mass is 404 g/mol. The Balaban J connectivity index is 1.53. The van der Waals surface area contributed by atoms with E-state index < -0.39 is 0 Å². The van der Waals surface area contributed by atoms with E-state index in [1.807, 2.05) is 23.1 Å². The lowest BCUT2D eigenvalue weighted by Crippen LogP contribution is -2.51. The lowest BCUT2D eigenvalue weighted by molar-refractivity contribution is -0.00939. The van der Waals surface area contributed by atoms with Crippen LogP contribution in [0.5, 0.6) is 0 Å². The summed E-state index contributed by atoms with van der Waals surface area (Å²) in [6.07, 6.45) is 1.99. The quantitative estimate of drug-likeness (QED) is 0.670. The number of likely N-dealkylation sites (N-methyl/N-ethyl adjacent to an activating group) is 1. The van der Waals surface area contributed by atoms with Crippen LogP contribution in [0.25, 0.3) is 0 Å². The van der Waals surface area contributed by atoms with Crippen LogP contribution in [0, 0.1) is 0 Å². The summed E-state index contributed by atoms with van der Waals surface area (Å²) in [5.74, 6) is 0. The Kier molecular flexibility index (Phi) is 8.73. The summed E-state index contributed by atoms with van der Waals surface area (Å²) in [5.41, 5.74) is 1.16. The minimum atomic E-state index is 0.00258. The van der Waals surface area contributed by atoms with Gasteiger partial charge in [-0.2, -0.15) is 0 Å². The first-order chi connectivity index (χ1) is 14.2. The molecule has 162 valence electrons. The number of nitrogens with one attached hydrogen (secondary N) is 1. The second kappa shape index (κ2) is 11.5. The number of ether oxygens (including phenoxy) is 2. The summed E-state index contributed by atoms with van der Waals surface area (Å²) >= 11 is 0. The van der Waals surface area contributed by atoms with Gasteiger partial charge < -0.3 is 24.6 Å². The molecule has 2 heterocycles. The lowest BCUT2D eigenvalue weighted by atomic mass is 10.1. The summed E-state index contributed by atoms with van der Waals surface area (Å²) < 4.78 is 10.9. The van der Waals surface area contributed by atoms with E-state index >= 15 is 0 Å². The van der Waals surface area contributed by atoms with E-state index in [9.17, 15) is 4.79 Å². The van der Waals surface area contributed by atoms with Crippen LogP contribution in [0.3, 0.4) is 0 Å². The van der Waals surface area contributed by atoms with Crippen LogP contribution in [0.15, 0.2) is 30.3 Å². The van der Waals surface area contributed by atoms with Gasteiger partial charge in [0.1, 0.15) is 0 Å². The van der Waals surface area contributed by atoms with E-state index in [4.69, 9.17) is 9.47 Å². The molecule has 3 rings (SSSR count). The van der Waals surface area contributed by atoms with E-state index in [1.54, 1.807) is 7.11 Å². The summed E-state index contributed by atoms with van der Waals surface area (Å²) in [5, 5.41) is 3.30. The van der Waals surface area contributed by atoms with Gasteiger partial charge in [-0.05, 0) is 25.5 Å². The largest absolute Gasteiger partial charge is 0.382 e. The van der Waals surface area contributed by atoms with E-state index in [-0.39, 0.29) is 18.2 Å². The average Bonchev–Trinajstić information content (AvgIpc) is 2.76. The summed E-state index contributed by atoms with van der Waals surface area (Å²) in [6.45, 7) is 7.79. The number of piperidine rings is 1. The van der Waals surface area contributed by atoms with E-state index in [1.165, 1.54) is 0 Å². The minimum absolute atomic E-state index is 0.00258. The zero-order valence-electron chi connectivity index (χ0n) is 17.9. The van der Waals surface area contributed by atoms with Crippen molar-refractivity contribution in [3.05, 3.63) is 35.9 Å². The fourth-order valence-electron chi connectivity index (χ4n) is 3.97. The number of piperazine rings is 1. The van der Waals surface area contributed by atoms with Crippen molar-refractivity contribution in [2.75, 3.05) is 73.2 Å². The smallest absolute Gasteiger partial charge is 0.317 e. The molecule has 1 unspecified atom stereocenters. The Labute approximate surface area is 174 Å². The molecular weight excluding hydrogens is 368 g/mol. The van der Waals surface area contributed by atoms with Gasteiger partial charge >= 0.3 is 6.03 Å². The van der Waals surface area contributed by atoms with Gasteiger partial charge in [0, 0.05) is 52.9 Å². The molecule has 1 aromatic carbocycles. The van der Waals surface area contributed by atoms with Crippen molar-refractivity contribution in [2.24, 2.45) is 0 Å².